The van der Waals surface area contributed by atoms with Crippen molar-refractivity contribution in [1.29, 1.82) is 0 Å². The first kappa shape index (κ1) is 16.0. The van der Waals surface area contributed by atoms with E-state index >= 15 is 0 Å². The number of benzene rings is 1. The zero-order chi connectivity index (χ0) is 17.8. The summed E-state index contributed by atoms with van der Waals surface area (Å²) in [4.78, 5) is 16.5. The molecule has 1 N–H and O–H groups in total. The largest absolute Gasteiger partial charge is 0.352 e. The van der Waals surface area contributed by atoms with Crippen LogP contribution in [0.1, 0.15) is 11.4 Å². The summed E-state index contributed by atoms with van der Waals surface area (Å²) in [5.41, 5.74) is 2.60. The van der Waals surface area contributed by atoms with E-state index in [-0.39, 0.29) is 5.91 Å². The second-order valence-electron chi connectivity index (χ2n) is 5.84. The average molecular weight is 343 g/mol. The van der Waals surface area contributed by atoms with Crippen LogP contribution in [0.25, 0.3) is 22.6 Å². The Morgan fingerprint density at radius 3 is 2.96 bits per heavy atom. The van der Waals surface area contributed by atoms with Crippen molar-refractivity contribution in [1.82, 2.24) is 24.9 Å². The Morgan fingerprint density at radius 1 is 1.08 bits per heavy atom. The summed E-state index contributed by atoms with van der Waals surface area (Å²) < 4.78 is 1.92. The molecule has 0 fully saturated rings. The standard InChI is InChI=1S/C20H17N5O/c26-19(10-9-16-6-3-5-15-7-4-12-22-20(15)16)21-13-11-18-24-23-17-8-1-2-14-25(17)18/h1-10,12,14H,11,13H2,(H,21,26)/b10-9+. The van der Waals surface area contributed by atoms with Crippen molar-refractivity contribution in [2.24, 2.45) is 0 Å². The summed E-state index contributed by atoms with van der Waals surface area (Å²) in [5, 5.41) is 12.2. The molecule has 4 aromatic rings. The third kappa shape index (κ3) is 3.30. The zero-order valence-electron chi connectivity index (χ0n) is 14.0. The highest BCUT2D eigenvalue weighted by molar-refractivity contribution is 5.95. The number of fused-ring (bicyclic) bond motifs is 2. The molecule has 128 valence electrons. The molecule has 0 bridgehead atoms. The second-order valence-corrected chi connectivity index (χ2v) is 5.84. The van der Waals surface area contributed by atoms with Gasteiger partial charge in [0.2, 0.25) is 5.91 Å². The van der Waals surface area contributed by atoms with Gasteiger partial charge in [-0.25, -0.2) is 0 Å². The fraction of sp³-hybridized carbons (Fsp3) is 0.100. The van der Waals surface area contributed by atoms with Gasteiger partial charge in [-0.2, -0.15) is 0 Å². The molecule has 4 rings (SSSR count). The number of pyridine rings is 2. The first-order valence-corrected chi connectivity index (χ1v) is 8.39. The molecule has 3 heterocycles. The van der Waals surface area contributed by atoms with Crippen LogP contribution in [0.4, 0.5) is 0 Å². The topological polar surface area (TPSA) is 72.2 Å². The van der Waals surface area contributed by atoms with Crippen molar-refractivity contribution in [3.63, 3.8) is 0 Å². The van der Waals surface area contributed by atoms with E-state index in [1.54, 1.807) is 12.3 Å². The Bertz CT molecular complexity index is 1090. The minimum Gasteiger partial charge on any atom is -0.352 e. The number of hydrogen-bond acceptors (Lipinski definition) is 4. The van der Waals surface area contributed by atoms with Crippen molar-refractivity contribution < 1.29 is 4.79 Å². The van der Waals surface area contributed by atoms with Gasteiger partial charge >= 0.3 is 0 Å². The third-order valence-corrected chi connectivity index (χ3v) is 4.11. The molecule has 0 aliphatic rings. The Balaban J connectivity index is 1.38. The van der Waals surface area contributed by atoms with E-state index in [2.05, 4.69) is 20.5 Å². The summed E-state index contributed by atoms with van der Waals surface area (Å²) in [6, 6.07) is 15.6. The van der Waals surface area contributed by atoms with Crippen LogP contribution in [-0.2, 0) is 11.2 Å². The average Bonchev–Trinajstić information content (AvgIpc) is 3.09. The molecule has 0 radical (unpaired) electrons. The first-order chi connectivity index (χ1) is 12.8. The lowest BCUT2D eigenvalue weighted by Crippen LogP contribution is -2.24. The lowest BCUT2D eigenvalue weighted by molar-refractivity contribution is -0.116. The number of amides is 1. The summed E-state index contributed by atoms with van der Waals surface area (Å²) in [7, 11) is 0. The maximum Gasteiger partial charge on any atom is 0.244 e. The van der Waals surface area contributed by atoms with E-state index in [0.717, 1.165) is 27.9 Å². The normalized spacial score (nSPS) is 11.4. The highest BCUT2D eigenvalue weighted by Gasteiger charge is 2.05. The maximum atomic E-state index is 12.1. The van der Waals surface area contributed by atoms with Gasteiger partial charge in [0.05, 0.1) is 5.52 Å². The highest BCUT2D eigenvalue weighted by atomic mass is 16.1. The molecule has 0 saturated heterocycles. The van der Waals surface area contributed by atoms with Crippen LogP contribution in [0.3, 0.4) is 0 Å². The number of para-hydroxylation sites is 1. The second kappa shape index (κ2) is 7.14. The van der Waals surface area contributed by atoms with Crippen molar-refractivity contribution in [3.8, 4) is 0 Å². The Labute approximate surface area is 150 Å². The molecule has 1 aromatic carbocycles. The van der Waals surface area contributed by atoms with Crippen LogP contribution in [0.2, 0.25) is 0 Å². The quantitative estimate of drug-likeness (QED) is 0.566. The molecule has 26 heavy (non-hydrogen) atoms. The lowest BCUT2D eigenvalue weighted by atomic mass is 10.1. The molecule has 0 aliphatic heterocycles. The number of nitrogens with zero attached hydrogens (tertiary/aromatic N) is 4. The third-order valence-electron chi connectivity index (χ3n) is 4.11. The van der Waals surface area contributed by atoms with Gasteiger partial charge in [-0.1, -0.05) is 30.3 Å². The number of aromatic nitrogens is 4. The summed E-state index contributed by atoms with van der Waals surface area (Å²) in [6.07, 6.45) is 7.60. The van der Waals surface area contributed by atoms with E-state index in [1.165, 1.54) is 6.08 Å². The van der Waals surface area contributed by atoms with E-state index in [9.17, 15) is 4.79 Å². The van der Waals surface area contributed by atoms with Gasteiger partial charge in [0, 0.05) is 42.4 Å². The fourth-order valence-corrected chi connectivity index (χ4v) is 2.85. The molecule has 1 amide bonds. The van der Waals surface area contributed by atoms with E-state index < -0.39 is 0 Å². The number of carbonyl (C=O) groups excluding carboxylic acids is 1. The van der Waals surface area contributed by atoms with Crippen molar-refractivity contribution >= 4 is 28.5 Å². The summed E-state index contributed by atoms with van der Waals surface area (Å²) >= 11 is 0. The predicted molar refractivity (Wildman–Crippen MR) is 100 cm³/mol. The SMILES string of the molecule is O=C(/C=C/c1cccc2cccnc12)NCCc1nnc2ccccn12. The van der Waals surface area contributed by atoms with Crippen molar-refractivity contribution in [2.75, 3.05) is 6.54 Å². The molecule has 6 heteroatoms. The van der Waals surface area contributed by atoms with Crippen LogP contribution in [0.15, 0.2) is 67.0 Å². The minimum atomic E-state index is -0.147. The van der Waals surface area contributed by atoms with Gasteiger partial charge in [0.15, 0.2) is 5.65 Å². The minimum absolute atomic E-state index is 0.147. The maximum absolute atomic E-state index is 12.1. The van der Waals surface area contributed by atoms with Crippen LogP contribution in [-0.4, -0.2) is 32.0 Å². The Morgan fingerprint density at radius 2 is 2.00 bits per heavy atom. The van der Waals surface area contributed by atoms with Crippen LogP contribution in [0, 0.1) is 0 Å². The van der Waals surface area contributed by atoms with Gasteiger partial charge in [0.25, 0.3) is 0 Å². The molecule has 0 atom stereocenters. The number of nitrogens with one attached hydrogen (secondary N) is 1. The molecular weight excluding hydrogens is 326 g/mol. The van der Waals surface area contributed by atoms with E-state index in [0.29, 0.717) is 13.0 Å². The summed E-state index contributed by atoms with van der Waals surface area (Å²) in [5.74, 6) is 0.676. The molecule has 3 aromatic heterocycles. The fourth-order valence-electron chi connectivity index (χ4n) is 2.85. The first-order valence-electron chi connectivity index (χ1n) is 8.39. The molecule has 0 unspecified atom stereocenters. The van der Waals surface area contributed by atoms with Gasteiger partial charge < -0.3 is 5.32 Å². The molecule has 0 spiro atoms. The zero-order valence-corrected chi connectivity index (χ0v) is 14.0. The van der Waals surface area contributed by atoms with Crippen molar-refractivity contribution in [2.45, 2.75) is 6.42 Å². The van der Waals surface area contributed by atoms with E-state index in [4.69, 9.17) is 0 Å². The monoisotopic (exact) mass is 343 g/mol. The highest BCUT2D eigenvalue weighted by Crippen LogP contribution is 2.16. The number of rotatable bonds is 5. The Hall–Kier alpha value is -3.54. The summed E-state index contributed by atoms with van der Waals surface area (Å²) in [6.45, 7) is 0.493. The Kier molecular flexibility index (Phi) is 4.38. The van der Waals surface area contributed by atoms with Crippen molar-refractivity contribution in [3.05, 3.63) is 78.4 Å². The van der Waals surface area contributed by atoms with Gasteiger partial charge in [-0.3, -0.25) is 14.2 Å². The smallest absolute Gasteiger partial charge is 0.244 e. The lowest BCUT2D eigenvalue weighted by Gasteiger charge is -2.02. The van der Waals surface area contributed by atoms with Gasteiger partial charge in [-0.15, -0.1) is 10.2 Å². The molecular formula is C20H17N5O. The van der Waals surface area contributed by atoms with Crippen LogP contribution in [0.5, 0.6) is 0 Å². The number of hydrogen-bond donors (Lipinski definition) is 1. The van der Waals surface area contributed by atoms with Gasteiger partial charge in [-0.05, 0) is 24.3 Å². The molecule has 0 aliphatic carbocycles. The molecule has 6 nitrogen and oxygen atoms in total. The predicted octanol–water partition coefficient (Wildman–Crippen LogP) is 2.65. The van der Waals surface area contributed by atoms with E-state index in [1.807, 2.05) is 59.1 Å². The molecule has 0 saturated carbocycles. The number of carbonyl (C=O) groups is 1. The van der Waals surface area contributed by atoms with Gasteiger partial charge in [0.1, 0.15) is 5.82 Å². The van der Waals surface area contributed by atoms with Crippen LogP contribution < -0.4 is 5.32 Å². The van der Waals surface area contributed by atoms with Crippen LogP contribution >= 0.6 is 0 Å².